The molecule has 2 aromatic carbocycles. The molecule has 3 aromatic rings. The molecule has 4 rings (SSSR count). The molecule has 1 saturated heterocycles. The van der Waals surface area contributed by atoms with Crippen molar-refractivity contribution in [2.45, 2.75) is 51.0 Å². The van der Waals surface area contributed by atoms with Gasteiger partial charge < -0.3 is 25.0 Å². The predicted molar refractivity (Wildman–Crippen MR) is 177 cm³/mol. The van der Waals surface area contributed by atoms with Gasteiger partial charge in [-0.1, -0.05) is 23.7 Å². The van der Waals surface area contributed by atoms with Crippen LogP contribution in [0.1, 0.15) is 39.2 Å². The number of halogens is 2. The molecule has 2 heterocycles. The third-order valence-electron chi connectivity index (χ3n) is 7.30. The van der Waals surface area contributed by atoms with Gasteiger partial charge in [0.25, 0.3) is 10.0 Å². The van der Waals surface area contributed by atoms with Gasteiger partial charge in [-0.2, -0.15) is 4.98 Å². The van der Waals surface area contributed by atoms with Crippen LogP contribution in [0.15, 0.2) is 59.6 Å². The monoisotopic (exact) mass is 680 g/mol. The lowest BCUT2D eigenvalue weighted by molar-refractivity contribution is -0.137. The highest BCUT2D eigenvalue weighted by molar-refractivity contribution is 7.92. The lowest BCUT2D eigenvalue weighted by atomic mass is 10.1. The minimum Gasteiger partial charge on any atom is -0.480 e. The number of aromatic nitrogens is 2. The third-order valence-corrected chi connectivity index (χ3v) is 9.46. The summed E-state index contributed by atoms with van der Waals surface area (Å²) in [5.41, 5.74) is 0.764. The summed E-state index contributed by atoms with van der Waals surface area (Å²) >= 11 is 5.98. The van der Waals surface area contributed by atoms with Gasteiger partial charge in [-0.3, -0.25) is 4.31 Å². The summed E-state index contributed by atoms with van der Waals surface area (Å²) < 4.78 is 34.0. The van der Waals surface area contributed by atoms with E-state index in [0.29, 0.717) is 48.5 Å². The number of ether oxygens (including phenoxy) is 1. The number of sulfonamides is 1. The van der Waals surface area contributed by atoms with Gasteiger partial charge in [0.2, 0.25) is 5.95 Å². The zero-order valence-electron chi connectivity index (χ0n) is 25.3. The second-order valence-corrected chi connectivity index (χ2v) is 12.4. The molecule has 1 fully saturated rings. The molecule has 1 aromatic heterocycles. The number of amides is 1. The first-order valence-electron chi connectivity index (χ1n) is 14.5. The molecule has 0 aliphatic carbocycles. The number of likely N-dealkylation sites (tertiary alicyclic amines) is 1. The van der Waals surface area contributed by atoms with Crippen molar-refractivity contribution in [1.29, 1.82) is 0 Å². The van der Waals surface area contributed by atoms with Crippen molar-refractivity contribution < 1.29 is 27.9 Å². The Labute approximate surface area is 274 Å². The topological polar surface area (TPSA) is 145 Å². The number of aliphatic carboxylic acids is 1. The highest BCUT2D eigenvalue weighted by Gasteiger charge is 2.29. The van der Waals surface area contributed by atoms with Crippen molar-refractivity contribution in [3.05, 3.63) is 65.3 Å². The molecule has 1 aliphatic heterocycles. The fourth-order valence-electron chi connectivity index (χ4n) is 4.88. The van der Waals surface area contributed by atoms with E-state index in [1.165, 1.54) is 30.5 Å². The van der Waals surface area contributed by atoms with Gasteiger partial charge in [0.15, 0.2) is 5.82 Å². The van der Waals surface area contributed by atoms with Crippen molar-refractivity contribution in [3.63, 3.8) is 0 Å². The molecular weight excluding hydrogens is 643 g/mol. The zero-order valence-corrected chi connectivity index (χ0v) is 27.7. The molecule has 1 atom stereocenters. The minimum absolute atomic E-state index is 0. The summed E-state index contributed by atoms with van der Waals surface area (Å²) in [5.74, 6) is -0.412. The summed E-state index contributed by atoms with van der Waals surface area (Å²) in [7, 11) is -4.07. The van der Waals surface area contributed by atoms with Crippen molar-refractivity contribution in [2.75, 3.05) is 47.2 Å². The lowest BCUT2D eigenvalue weighted by Gasteiger charge is -2.27. The molecular formula is C30H38Cl2N6O6S. The zero-order chi connectivity index (χ0) is 31.9. The Bertz CT molecular complexity index is 1550. The Hall–Kier alpha value is -3.81. The van der Waals surface area contributed by atoms with Gasteiger partial charge in [0, 0.05) is 44.2 Å². The molecule has 1 aliphatic rings. The summed E-state index contributed by atoms with van der Waals surface area (Å²) in [6.45, 7) is 8.08. The Kier molecular flexibility index (Phi) is 12.6. The van der Waals surface area contributed by atoms with Crippen molar-refractivity contribution in [3.8, 4) is 5.75 Å². The van der Waals surface area contributed by atoms with Crippen LogP contribution in [0.2, 0.25) is 5.02 Å². The number of nitrogens with one attached hydrogen (secondary N) is 1. The van der Waals surface area contributed by atoms with Crippen LogP contribution < -0.4 is 19.3 Å². The van der Waals surface area contributed by atoms with E-state index in [9.17, 15) is 23.1 Å². The molecule has 0 bridgehead atoms. The number of nitrogens with zero attached hydrogens (tertiary/aromatic N) is 5. The summed E-state index contributed by atoms with van der Waals surface area (Å²) in [5, 5.41) is 13.5. The number of hydrogen-bond acceptors (Lipinski definition) is 9. The van der Waals surface area contributed by atoms with E-state index in [2.05, 4.69) is 15.3 Å². The Morgan fingerprint density at radius 1 is 1.02 bits per heavy atom. The standard InChI is InChI=1S/C30H37ClN6O6S.ClH/c1-4-35(5-2)29-32-20-26(37(6-3)44(41,42)24-15-11-22(31)12-16-24)27(34-29)33-25(28(38)39)19-21-9-13-23(14-10-21)43-30(40)36-17-7-8-18-36;/h9-16,20,25H,4-8,17-19H2,1-3H3,(H,38,39)(H,32,33,34);1H/t25-;/m0./s1. The second kappa shape index (κ2) is 16.0. The normalized spacial score (nSPS) is 13.5. The van der Waals surface area contributed by atoms with E-state index in [-0.39, 0.29) is 41.8 Å². The van der Waals surface area contributed by atoms with Crippen molar-refractivity contribution in [2.24, 2.45) is 0 Å². The Morgan fingerprint density at radius 3 is 2.20 bits per heavy atom. The predicted octanol–water partition coefficient (Wildman–Crippen LogP) is 5.32. The number of carboxylic acids is 1. The maximum atomic E-state index is 13.7. The maximum absolute atomic E-state index is 13.7. The second-order valence-electron chi connectivity index (χ2n) is 10.1. The van der Waals surface area contributed by atoms with Crippen LogP contribution in [0.25, 0.3) is 0 Å². The maximum Gasteiger partial charge on any atom is 0.415 e. The Balaban J connectivity index is 0.00000552. The number of anilines is 3. The fourth-order valence-corrected chi connectivity index (χ4v) is 6.47. The Morgan fingerprint density at radius 2 is 1.64 bits per heavy atom. The van der Waals surface area contributed by atoms with E-state index < -0.39 is 28.1 Å². The average Bonchev–Trinajstić information content (AvgIpc) is 3.55. The molecule has 12 nitrogen and oxygen atoms in total. The van der Waals surface area contributed by atoms with Gasteiger partial charge >= 0.3 is 12.1 Å². The van der Waals surface area contributed by atoms with Crippen LogP contribution in [0.3, 0.4) is 0 Å². The number of hydrogen-bond donors (Lipinski definition) is 2. The van der Waals surface area contributed by atoms with E-state index in [1.54, 1.807) is 36.1 Å². The molecule has 2 N–H and O–H groups in total. The van der Waals surface area contributed by atoms with Crippen molar-refractivity contribution >= 4 is 63.5 Å². The summed E-state index contributed by atoms with van der Waals surface area (Å²) in [6.07, 6.45) is 2.92. The van der Waals surface area contributed by atoms with Crippen LogP contribution >= 0.6 is 24.0 Å². The average molecular weight is 682 g/mol. The molecule has 15 heteroatoms. The number of carboxylic acid groups (broad SMARTS) is 1. The minimum atomic E-state index is -4.07. The summed E-state index contributed by atoms with van der Waals surface area (Å²) in [4.78, 5) is 37.4. The molecule has 45 heavy (non-hydrogen) atoms. The lowest BCUT2D eigenvalue weighted by Crippen LogP contribution is -2.36. The fraction of sp³-hybridized carbons (Fsp3) is 0.400. The number of carbonyl (C=O) groups excluding carboxylic acids is 1. The number of carbonyl (C=O) groups is 2. The van der Waals surface area contributed by atoms with Gasteiger partial charge in [0.05, 0.1) is 11.1 Å². The highest BCUT2D eigenvalue weighted by Crippen LogP contribution is 2.31. The third kappa shape index (κ3) is 8.68. The molecule has 1 amide bonds. The first kappa shape index (κ1) is 35.7. The molecule has 0 saturated carbocycles. The van der Waals surface area contributed by atoms with Gasteiger partial charge in [-0.15, -0.1) is 12.4 Å². The van der Waals surface area contributed by atoms with E-state index in [0.717, 1.165) is 17.1 Å². The first-order chi connectivity index (χ1) is 21.1. The van der Waals surface area contributed by atoms with Crippen LogP contribution in [-0.4, -0.2) is 79.2 Å². The van der Waals surface area contributed by atoms with E-state index in [4.69, 9.17) is 16.3 Å². The molecule has 0 radical (unpaired) electrons. The van der Waals surface area contributed by atoms with Gasteiger partial charge in [0.1, 0.15) is 17.5 Å². The van der Waals surface area contributed by atoms with Gasteiger partial charge in [-0.05, 0) is 75.6 Å². The summed E-state index contributed by atoms with van der Waals surface area (Å²) in [6, 6.07) is 11.2. The van der Waals surface area contributed by atoms with E-state index in [1.807, 2.05) is 18.7 Å². The van der Waals surface area contributed by atoms with Crippen molar-refractivity contribution in [1.82, 2.24) is 14.9 Å². The number of benzene rings is 2. The number of rotatable bonds is 13. The van der Waals surface area contributed by atoms with Crippen LogP contribution in [-0.2, 0) is 21.2 Å². The molecule has 0 unspecified atom stereocenters. The van der Waals surface area contributed by atoms with Crippen LogP contribution in [0, 0.1) is 0 Å². The van der Waals surface area contributed by atoms with Crippen LogP contribution in [0.5, 0.6) is 5.75 Å². The smallest absolute Gasteiger partial charge is 0.415 e. The highest BCUT2D eigenvalue weighted by atomic mass is 35.5. The largest absolute Gasteiger partial charge is 0.480 e. The quantitative estimate of drug-likeness (QED) is 0.243. The molecule has 244 valence electrons. The molecule has 0 spiro atoms. The van der Waals surface area contributed by atoms with Gasteiger partial charge in [-0.25, -0.2) is 23.0 Å². The first-order valence-corrected chi connectivity index (χ1v) is 16.3. The van der Waals surface area contributed by atoms with Crippen LogP contribution in [0.4, 0.5) is 22.2 Å². The SMILES string of the molecule is CCN(CC)c1ncc(N(CC)S(=O)(=O)c2ccc(Cl)cc2)c(N[C@@H](Cc2ccc(OC(=O)N3CCCC3)cc2)C(=O)O)n1.Cl. The van der Waals surface area contributed by atoms with E-state index >= 15 is 0 Å².